The molecule has 7 nitrogen and oxygen atoms in total. The Morgan fingerprint density at radius 3 is 2.57 bits per heavy atom. The summed E-state index contributed by atoms with van der Waals surface area (Å²) in [5.74, 6) is 0.341. The standard InChI is InChI=1S/C26H24ClN5O2S/c1-3-14-32-24(17(2)28-25(34)19-8-11-21(27)12-9-19)30-31-26(32)35-16-23(33)29-22-13-10-18-6-4-5-7-20(18)15-22/h3-13,15,17H,1,14,16H2,2H3,(H,28,34)(H,29,33)/t17-/m0/s1. The topological polar surface area (TPSA) is 88.9 Å². The number of aromatic nitrogens is 3. The molecule has 2 N–H and O–H groups in total. The minimum Gasteiger partial charge on any atom is -0.342 e. The highest BCUT2D eigenvalue weighted by Gasteiger charge is 2.20. The van der Waals surface area contributed by atoms with E-state index in [1.165, 1.54) is 11.8 Å². The van der Waals surface area contributed by atoms with E-state index in [-0.39, 0.29) is 17.6 Å². The largest absolute Gasteiger partial charge is 0.342 e. The van der Waals surface area contributed by atoms with Crippen LogP contribution in [0.3, 0.4) is 0 Å². The molecular formula is C26H24ClN5O2S. The summed E-state index contributed by atoms with van der Waals surface area (Å²) < 4.78 is 1.84. The van der Waals surface area contributed by atoms with Crippen molar-refractivity contribution in [2.45, 2.75) is 24.7 Å². The van der Waals surface area contributed by atoms with Gasteiger partial charge in [0, 0.05) is 22.8 Å². The third-order valence-electron chi connectivity index (χ3n) is 5.26. The summed E-state index contributed by atoms with van der Waals surface area (Å²) in [6.07, 6.45) is 1.72. The molecule has 1 aromatic heterocycles. The molecule has 2 amide bonds. The van der Waals surface area contributed by atoms with Crippen LogP contribution in [-0.2, 0) is 11.3 Å². The van der Waals surface area contributed by atoms with Crippen LogP contribution in [0.25, 0.3) is 10.8 Å². The first-order valence-corrected chi connectivity index (χ1v) is 12.3. The monoisotopic (exact) mass is 505 g/mol. The van der Waals surface area contributed by atoms with E-state index in [1.54, 1.807) is 30.3 Å². The molecule has 0 bridgehead atoms. The molecule has 4 rings (SSSR count). The second kappa shape index (κ2) is 11.2. The summed E-state index contributed by atoms with van der Waals surface area (Å²) in [5, 5.41) is 17.7. The SMILES string of the molecule is C=CCn1c(SCC(=O)Nc2ccc3ccccc3c2)nnc1[C@H](C)NC(=O)c1ccc(Cl)cc1. The van der Waals surface area contributed by atoms with Crippen LogP contribution < -0.4 is 10.6 Å². The van der Waals surface area contributed by atoms with E-state index in [2.05, 4.69) is 27.4 Å². The molecule has 0 saturated heterocycles. The Morgan fingerprint density at radius 1 is 1.09 bits per heavy atom. The maximum Gasteiger partial charge on any atom is 0.251 e. The number of benzene rings is 3. The summed E-state index contributed by atoms with van der Waals surface area (Å²) in [6.45, 7) is 6.08. The van der Waals surface area contributed by atoms with Gasteiger partial charge in [0.25, 0.3) is 5.91 Å². The number of halogens is 1. The van der Waals surface area contributed by atoms with Gasteiger partial charge in [-0.25, -0.2) is 0 Å². The average Bonchev–Trinajstić information content (AvgIpc) is 3.26. The fraction of sp³-hybridized carbons (Fsp3) is 0.154. The van der Waals surface area contributed by atoms with Crippen LogP contribution in [0.2, 0.25) is 5.02 Å². The molecular weight excluding hydrogens is 482 g/mol. The van der Waals surface area contributed by atoms with E-state index < -0.39 is 6.04 Å². The number of carbonyl (C=O) groups is 2. The number of rotatable bonds is 9. The highest BCUT2D eigenvalue weighted by atomic mass is 35.5. The van der Waals surface area contributed by atoms with Crippen LogP contribution >= 0.6 is 23.4 Å². The van der Waals surface area contributed by atoms with Crippen LogP contribution in [0.15, 0.2) is 84.5 Å². The molecule has 178 valence electrons. The molecule has 4 aromatic rings. The summed E-state index contributed by atoms with van der Waals surface area (Å²) in [4.78, 5) is 25.2. The molecule has 0 radical (unpaired) electrons. The van der Waals surface area contributed by atoms with Gasteiger partial charge >= 0.3 is 0 Å². The first-order valence-electron chi connectivity index (χ1n) is 11.0. The van der Waals surface area contributed by atoms with Crippen molar-refractivity contribution < 1.29 is 9.59 Å². The number of thioether (sulfide) groups is 1. The number of hydrogen-bond acceptors (Lipinski definition) is 5. The number of hydrogen-bond donors (Lipinski definition) is 2. The Balaban J connectivity index is 1.40. The lowest BCUT2D eigenvalue weighted by atomic mass is 10.1. The molecule has 3 aromatic carbocycles. The minimum atomic E-state index is -0.411. The van der Waals surface area contributed by atoms with Gasteiger partial charge in [-0.15, -0.1) is 16.8 Å². The van der Waals surface area contributed by atoms with E-state index in [1.807, 2.05) is 54.0 Å². The zero-order valence-electron chi connectivity index (χ0n) is 19.1. The summed E-state index contributed by atoms with van der Waals surface area (Å²) in [7, 11) is 0. The van der Waals surface area contributed by atoms with Crippen LogP contribution in [0.5, 0.6) is 0 Å². The van der Waals surface area contributed by atoms with Crippen LogP contribution in [-0.4, -0.2) is 32.3 Å². The number of allylic oxidation sites excluding steroid dienone is 1. The van der Waals surface area contributed by atoms with E-state index in [0.29, 0.717) is 28.1 Å². The molecule has 1 heterocycles. The van der Waals surface area contributed by atoms with Crippen LogP contribution in [0, 0.1) is 0 Å². The number of amides is 2. The maximum atomic E-state index is 12.6. The summed E-state index contributed by atoms with van der Waals surface area (Å²) in [5.41, 5.74) is 1.23. The normalized spacial score (nSPS) is 11.7. The van der Waals surface area contributed by atoms with Gasteiger partial charge in [-0.1, -0.05) is 59.8 Å². The van der Waals surface area contributed by atoms with Crippen molar-refractivity contribution in [2.24, 2.45) is 0 Å². The molecule has 1 atom stereocenters. The number of nitrogens with zero attached hydrogens (tertiary/aromatic N) is 3. The fourth-order valence-corrected chi connectivity index (χ4v) is 4.45. The third-order valence-corrected chi connectivity index (χ3v) is 6.48. The highest BCUT2D eigenvalue weighted by Crippen LogP contribution is 2.23. The van der Waals surface area contributed by atoms with Gasteiger partial charge < -0.3 is 15.2 Å². The fourth-order valence-electron chi connectivity index (χ4n) is 3.57. The lowest BCUT2D eigenvalue weighted by Crippen LogP contribution is -2.28. The first kappa shape index (κ1) is 24.5. The Bertz CT molecular complexity index is 1370. The van der Waals surface area contributed by atoms with E-state index in [0.717, 1.165) is 16.5 Å². The Morgan fingerprint density at radius 2 is 1.83 bits per heavy atom. The van der Waals surface area contributed by atoms with Crippen molar-refractivity contribution >= 4 is 51.6 Å². The van der Waals surface area contributed by atoms with Gasteiger partial charge in [0.15, 0.2) is 11.0 Å². The highest BCUT2D eigenvalue weighted by molar-refractivity contribution is 7.99. The average molecular weight is 506 g/mol. The van der Waals surface area contributed by atoms with Gasteiger partial charge in [0.1, 0.15) is 0 Å². The number of nitrogens with one attached hydrogen (secondary N) is 2. The lowest BCUT2D eigenvalue weighted by Gasteiger charge is -2.15. The van der Waals surface area contributed by atoms with Crippen molar-refractivity contribution in [1.82, 2.24) is 20.1 Å². The molecule has 9 heteroatoms. The molecule has 0 aliphatic carbocycles. The molecule has 0 spiro atoms. The molecule has 0 unspecified atom stereocenters. The number of carbonyl (C=O) groups excluding carboxylic acids is 2. The first-order chi connectivity index (χ1) is 16.9. The number of anilines is 1. The zero-order chi connectivity index (χ0) is 24.8. The van der Waals surface area contributed by atoms with Crippen molar-refractivity contribution in [2.75, 3.05) is 11.1 Å². The van der Waals surface area contributed by atoms with Crippen molar-refractivity contribution in [1.29, 1.82) is 0 Å². The van der Waals surface area contributed by atoms with E-state index in [4.69, 9.17) is 11.6 Å². The zero-order valence-corrected chi connectivity index (χ0v) is 20.6. The lowest BCUT2D eigenvalue weighted by molar-refractivity contribution is -0.113. The van der Waals surface area contributed by atoms with Crippen LogP contribution in [0.4, 0.5) is 5.69 Å². The van der Waals surface area contributed by atoms with Crippen molar-refractivity contribution in [3.63, 3.8) is 0 Å². The minimum absolute atomic E-state index is 0.149. The van der Waals surface area contributed by atoms with Crippen molar-refractivity contribution in [3.05, 3.63) is 95.8 Å². The summed E-state index contributed by atoms with van der Waals surface area (Å²) >= 11 is 7.18. The van der Waals surface area contributed by atoms with Gasteiger partial charge in [-0.05, 0) is 54.1 Å². The van der Waals surface area contributed by atoms with Gasteiger partial charge in [0.2, 0.25) is 5.91 Å². The Hall–Kier alpha value is -3.62. The van der Waals surface area contributed by atoms with Gasteiger partial charge in [-0.3, -0.25) is 9.59 Å². The van der Waals surface area contributed by atoms with Gasteiger partial charge in [0.05, 0.1) is 11.8 Å². The van der Waals surface area contributed by atoms with E-state index >= 15 is 0 Å². The molecule has 0 aliphatic heterocycles. The molecule has 0 aliphatic rings. The van der Waals surface area contributed by atoms with E-state index in [9.17, 15) is 9.59 Å². The second-order valence-electron chi connectivity index (χ2n) is 7.84. The third kappa shape index (κ3) is 6.09. The quantitative estimate of drug-likeness (QED) is 0.232. The number of fused-ring (bicyclic) bond motifs is 1. The maximum absolute atomic E-state index is 12.6. The molecule has 0 fully saturated rings. The molecule has 0 saturated carbocycles. The Labute approximate surface area is 212 Å². The van der Waals surface area contributed by atoms with Crippen molar-refractivity contribution in [3.8, 4) is 0 Å². The smallest absolute Gasteiger partial charge is 0.251 e. The Kier molecular flexibility index (Phi) is 7.84. The molecule has 35 heavy (non-hydrogen) atoms. The predicted molar refractivity (Wildman–Crippen MR) is 141 cm³/mol. The van der Waals surface area contributed by atoms with Gasteiger partial charge in [-0.2, -0.15) is 0 Å². The predicted octanol–water partition coefficient (Wildman–Crippen LogP) is 5.49. The second-order valence-corrected chi connectivity index (χ2v) is 9.22. The summed E-state index contributed by atoms with van der Waals surface area (Å²) in [6, 6.07) is 20.0. The van der Waals surface area contributed by atoms with Crippen LogP contribution in [0.1, 0.15) is 29.1 Å².